The Morgan fingerprint density at radius 2 is 2.27 bits per heavy atom. The second-order valence-corrected chi connectivity index (χ2v) is 3.27. The molecule has 1 atom stereocenters. The molecule has 15 heavy (non-hydrogen) atoms. The minimum atomic E-state index is -0.587. The van der Waals surface area contributed by atoms with E-state index in [1.54, 1.807) is 19.1 Å². The SMILES string of the molecule is COC(=O)/C(C#N)=C1/CC[C@@H](OC)N1C. The third kappa shape index (κ3) is 2.10. The molecule has 0 aromatic rings. The molecule has 82 valence electrons. The zero-order valence-electron chi connectivity index (χ0n) is 9.11. The molecule has 1 aliphatic heterocycles. The molecule has 0 amide bonds. The summed E-state index contributed by atoms with van der Waals surface area (Å²) in [6.45, 7) is 0. The molecule has 1 heterocycles. The van der Waals surface area contributed by atoms with Gasteiger partial charge in [-0.3, -0.25) is 0 Å². The number of carbonyl (C=O) groups excluding carboxylic acids is 1. The number of hydrogen-bond acceptors (Lipinski definition) is 5. The van der Waals surface area contributed by atoms with E-state index in [0.717, 1.165) is 6.42 Å². The molecule has 0 radical (unpaired) electrons. The molecular weight excluding hydrogens is 196 g/mol. The fourth-order valence-corrected chi connectivity index (χ4v) is 1.71. The molecule has 1 rings (SSSR count). The topological polar surface area (TPSA) is 62.6 Å². The largest absolute Gasteiger partial charge is 0.465 e. The lowest BCUT2D eigenvalue weighted by atomic mass is 10.2. The molecule has 0 aromatic heterocycles. The van der Waals surface area contributed by atoms with Crippen molar-refractivity contribution in [3.05, 3.63) is 11.3 Å². The summed E-state index contributed by atoms with van der Waals surface area (Å²) in [5.41, 5.74) is 0.760. The van der Waals surface area contributed by atoms with Crippen molar-refractivity contribution in [2.75, 3.05) is 21.3 Å². The van der Waals surface area contributed by atoms with Crippen LogP contribution in [0, 0.1) is 11.3 Å². The van der Waals surface area contributed by atoms with Crippen molar-refractivity contribution in [2.24, 2.45) is 0 Å². The molecule has 1 aliphatic rings. The second-order valence-electron chi connectivity index (χ2n) is 3.27. The molecule has 0 spiro atoms. The maximum absolute atomic E-state index is 11.3. The number of ether oxygens (including phenoxy) is 2. The molecular formula is C10H14N2O3. The standard InChI is InChI=1S/C10H14N2O3/c1-12-8(4-5-9(12)14-2)7(6-11)10(13)15-3/h9H,4-5H2,1-3H3/b8-7-/t9-/m1/s1. The van der Waals surface area contributed by atoms with E-state index in [1.165, 1.54) is 7.11 Å². The fraction of sp³-hybridized carbons (Fsp3) is 0.600. The Kier molecular flexibility index (Phi) is 3.69. The highest BCUT2D eigenvalue weighted by atomic mass is 16.5. The van der Waals surface area contributed by atoms with Crippen LogP contribution >= 0.6 is 0 Å². The molecule has 0 saturated carbocycles. The van der Waals surface area contributed by atoms with E-state index < -0.39 is 5.97 Å². The van der Waals surface area contributed by atoms with Crippen LogP contribution in [0.4, 0.5) is 0 Å². The second kappa shape index (κ2) is 4.80. The maximum Gasteiger partial charge on any atom is 0.350 e. The summed E-state index contributed by atoms with van der Waals surface area (Å²) in [5, 5.41) is 8.89. The number of hydrogen-bond donors (Lipinski definition) is 0. The van der Waals surface area contributed by atoms with E-state index in [1.807, 2.05) is 6.07 Å². The molecule has 0 aliphatic carbocycles. The van der Waals surface area contributed by atoms with Gasteiger partial charge in [0.1, 0.15) is 12.3 Å². The predicted octanol–water partition coefficient (Wildman–Crippen LogP) is 0.635. The first-order valence-corrected chi connectivity index (χ1v) is 4.62. The zero-order valence-corrected chi connectivity index (χ0v) is 9.11. The first kappa shape index (κ1) is 11.5. The van der Waals surface area contributed by atoms with Crippen molar-refractivity contribution >= 4 is 5.97 Å². The Morgan fingerprint density at radius 1 is 1.60 bits per heavy atom. The van der Waals surface area contributed by atoms with Crippen LogP contribution in [-0.2, 0) is 14.3 Å². The Balaban J connectivity index is 2.99. The van der Waals surface area contributed by atoms with Crippen molar-refractivity contribution < 1.29 is 14.3 Å². The molecule has 0 unspecified atom stereocenters. The summed E-state index contributed by atoms with van der Waals surface area (Å²) >= 11 is 0. The first-order valence-electron chi connectivity index (χ1n) is 4.62. The van der Waals surface area contributed by atoms with Crippen LogP contribution in [0.15, 0.2) is 11.3 Å². The third-order valence-electron chi connectivity index (χ3n) is 2.55. The van der Waals surface area contributed by atoms with Gasteiger partial charge in [0.2, 0.25) is 0 Å². The van der Waals surface area contributed by atoms with E-state index in [-0.39, 0.29) is 11.8 Å². The normalized spacial score (nSPS) is 23.6. The average molecular weight is 210 g/mol. The minimum Gasteiger partial charge on any atom is -0.465 e. The van der Waals surface area contributed by atoms with Crippen molar-refractivity contribution in [3.63, 3.8) is 0 Å². The van der Waals surface area contributed by atoms with E-state index in [4.69, 9.17) is 10.00 Å². The molecule has 1 fully saturated rings. The van der Waals surface area contributed by atoms with Gasteiger partial charge in [0.25, 0.3) is 0 Å². The molecule has 0 N–H and O–H groups in total. The number of methoxy groups -OCH3 is 2. The lowest BCUT2D eigenvalue weighted by molar-refractivity contribution is -0.135. The smallest absolute Gasteiger partial charge is 0.350 e. The number of nitriles is 1. The molecule has 0 aromatic carbocycles. The fourth-order valence-electron chi connectivity index (χ4n) is 1.71. The molecule has 0 bridgehead atoms. The van der Waals surface area contributed by atoms with Crippen molar-refractivity contribution in [2.45, 2.75) is 19.1 Å². The Bertz CT molecular complexity index is 330. The molecule has 5 heteroatoms. The highest BCUT2D eigenvalue weighted by Gasteiger charge is 2.29. The summed E-state index contributed by atoms with van der Waals surface area (Å²) in [6.07, 6.45) is 1.38. The van der Waals surface area contributed by atoms with Gasteiger partial charge in [0, 0.05) is 19.9 Å². The van der Waals surface area contributed by atoms with Gasteiger partial charge in [-0.2, -0.15) is 5.26 Å². The molecule has 1 saturated heterocycles. The summed E-state index contributed by atoms with van der Waals surface area (Å²) in [7, 11) is 4.67. The van der Waals surface area contributed by atoms with Crippen LogP contribution in [0.1, 0.15) is 12.8 Å². The number of carbonyl (C=O) groups is 1. The zero-order chi connectivity index (χ0) is 11.4. The Hall–Kier alpha value is -1.54. The summed E-state index contributed by atoms with van der Waals surface area (Å²) < 4.78 is 9.74. The van der Waals surface area contributed by atoms with E-state index in [0.29, 0.717) is 12.1 Å². The van der Waals surface area contributed by atoms with Gasteiger partial charge in [0.15, 0.2) is 5.57 Å². The van der Waals surface area contributed by atoms with Crippen LogP contribution in [0.2, 0.25) is 0 Å². The summed E-state index contributed by atoms with van der Waals surface area (Å²) in [4.78, 5) is 13.1. The Labute approximate surface area is 88.9 Å². The number of esters is 1. The third-order valence-corrected chi connectivity index (χ3v) is 2.55. The summed E-state index contributed by atoms with van der Waals surface area (Å²) in [6, 6.07) is 1.88. The monoisotopic (exact) mass is 210 g/mol. The van der Waals surface area contributed by atoms with Gasteiger partial charge in [0.05, 0.1) is 7.11 Å². The van der Waals surface area contributed by atoms with Gasteiger partial charge in [-0.15, -0.1) is 0 Å². The van der Waals surface area contributed by atoms with E-state index >= 15 is 0 Å². The van der Waals surface area contributed by atoms with Crippen LogP contribution in [0.5, 0.6) is 0 Å². The van der Waals surface area contributed by atoms with Crippen LogP contribution in [0.25, 0.3) is 0 Å². The number of likely N-dealkylation sites (tertiary alicyclic amines) is 1. The maximum atomic E-state index is 11.3. The van der Waals surface area contributed by atoms with Crippen molar-refractivity contribution in [1.82, 2.24) is 4.90 Å². The highest BCUT2D eigenvalue weighted by Crippen LogP contribution is 2.28. The Morgan fingerprint density at radius 3 is 2.67 bits per heavy atom. The average Bonchev–Trinajstić information content (AvgIpc) is 2.61. The lowest BCUT2D eigenvalue weighted by Gasteiger charge is -2.21. The number of nitrogens with zero attached hydrogens (tertiary/aromatic N) is 2. The number of allylic oxidation sites excluding steroid dienone is 1. The van der Waals surface area contributed by atoms with E-state index in [2.05, 4.69) is 4.74 Å². The van der Waals surface area contributed by atoms with Gasteiger partial charge < -0.3 is 14.4 Å². The first-order chi connectivity index (χ1) is 7.15. The summed E-state index contributed by atoms with van der Waals surface area (Å²) in [5.74, 6) is -0.587. The van der Waals surface area contributed by atoms with Gasteiger partial charge in [-0.05, 0) is 12.8 Å². The minimum absolute atomic E-state index is 0.0620. The van der Waals surface area contributed by atoms with Gasteiger partial charge >= 0.3 is 5.97 Å². The quantitative estimate of drug-likeness (QED) is 0.380. The number of rotatable bonds is 2. The van der Waals surface area contributed by atoms with Crippen molar-refractivity contribution in [3.8, 4) is 6.07 Å². The van der Waals surface area contributed by atoms with Crippen molar-refractivity contribution in [1.29, 1.82) is 5.26 Å². The van der Waals surface area contributed by atoms with Crippen LogP contribution < -0.4 is 0 Å². The van der Waals surface area contributed by atoms with Crippen LogP contribution in [0.3, 0.4) is 0 Å². The highest BCUT2D eigenvalue weighted by molar-refractivity contribution is 5.93. The van der Waals surface area contributed by atoms with Crippen LogP contribution in [-0.4, -0.2) is 38.4 Å². The van der Waals surface area contributed by atoms with Gasteiger partial charge in [-0.1, -0.05) is 0 Å². The molecule has 5 nitrogen and oxygen atoms in total. The van der Waals surface area contributed by atoms with Gasteiger partial charge in [-0.25, -0.2) is 4.79 Å². The predicted molar refractivity (Wildman–Crippen MR) is 52.4 cm³/mol. The van der Waals surface area contributed by atoms with E-state index in [9.17, 15) is 4.79 Å². The lowest BCUT2D eigenvalue weighted by Crippen LogP contribution is -2.26.